The molecule has 2 saturated carbocycles. The molecule has 2 fully saturated rings. The van der Waals surface area contributed by atoms with Crippen LogP contribution in [-0.4, -0.2) is 11.6 Å². The highest BCUT2D eigenvalue weighted by atomic mass is 16.1. The fourth-order valence-electron chi connectivity index (χ4n) is 4.39. The van der Waals surface area contributed by atoms with Crippen LogP contribution in [0.15, 0.2) is 30.3 Å². The summed E-state index contributed by atoms with van der Waals surface area (Å²) >= 11 is 0. The molecule has 0 aromatic heterocycles. The maximum absolute atomic E-state index is 11.4. The van der Waals surface area contributed by atoms with Gasteiger partial charge in [0.05, 0.1) is 0 Å². The van der Waals surface area contributed by atoms with Gasteiger partial charge in [0.15, 0.2) is 0 Å². The second-order valence-corrected chi connectivity index (χ2v) is 6.84. The first-order valence-electron chi connectivity index (χ1n) is 8.59. The number of carbonyl (C=O) groups excluding carboxylic acids is 2. The standard InChI is InChI=1S/C11H16O2.C9H12/c1-6(12)10-8-3-4-9(5-8)11(10)7(2)13;1-2-6-9-7-4-3-5-8-9/h8-11H,3-5H2,1-2H3;3-5,7-8H,2,6H2,1H3. The molecule has 120 valence electrons. The Balaban J connectivity index is 0.000000172. The molecule has 0 heterocycles. The SMILES string of the molecule is CC(=O)C1C2CCC(C2)C1C(C)=O.CCCc1ccccc1. The number of Topliss-reactive ketones (excluding diaryl/α,β-unsaturated/α-hetero) is 2. The van der Waals surface area contributed by atoms with Crippen LogP contribution in [0.2, 0.25) is 0 Å². The van der Waals surface area contributed by atoms with E-state index in [1.54, 1.807) is 13.8 Å². The molecule has 2 bridgehead atoms. The van der Waals surface area contributed by atoms with Gasteiger partial charge in [0.25, 0.3) is 0 Å². The number of carbonyl (C=O) groups is 2. The van der Waals surface area contributed by atoms with Crippen molar-refractivity contribution in [2.24, 2.45) is 23.7 Å². The number of fused-ring (bicyclic) bond motifs is 2. The molecule has 2 aliphatic carbocycles. The van der Waals surface area contributed by atoms with Gasteiger partial charge in [0.1, 0.15) is 11.6 Å². The molecule has 4 unspecified atom stereocenters. The lowest BCUT2D eigenvalue weighted by molar-refractivity contribution is -0.132. The zero-order chi connectivity index (χ0) is 16.1. The molecule has 1 aromatic rings. The van der Waals surface area contributed by atoms with Gasteiger partial charge in [0, 0.05) is 11.8 Å². The second kappa shape index (κ2) is 7.71. The van der Waals surface area contributed by atoms with E-state index in [-0.39, 0.29) is 23.4 Å². The third-order valence-electron chi connectivity index (χ3n) is 5.24. The van der Waals surface area contributed by atoms with E-state index >= 15 is 0 Å². The van der Waals surface area contributed by atoms with Crippen molar-refractivity contribution in [3.63, 3.8) is 0 Å². The van der Waals surface area contributed by atoms with Gasteiger partial charge in [-0.05, 0) is 56.9 Å². The molecule has 1 aromatic carbocycles. The van der Waals surface area contributed by atoms with Crippen LogP contribution >= 0.6 is 0 Å². The number of rotatable bonds is 4. The number of hydrogen-bond acceptors (Lipinski definition) is 2. The Morgan fingerprint density at radius 2 is 1.45 bits per heavy atom. The summed E-state index contributed by atoms with van der Waals surface area (Å²) < 4.78 is 0. The Morgan fingerprint density at radius 1 is 0.955 bits per heavy atom. The molecule has 4 atom stereocenters. The summed E-state index contributed by atoms with van der Waals surface area (Å²) in [5, 5.41) is 0. The van der Waals surface area contributed by atoms with Crippen LogP contribution in [0.1, 0.15) is 52.0 Å². The summed E-state index contributed by atoms with van der Waals surface area (Å²) in [7, 11) is 0. The average Bonchev–Trinajstić information content (AvgIpc) is 3.10. The molecular formula is C20H28O2. The maximum Gasteiger partial charge on any atom is 0.133 e. The fraction of sp³-hybridized carbons (Fsp3) is 0.600. The molecular weight excluding hydrogens is 272 g/mol. The van der Waals surface area contributed by atoms with Crippen LogP contribution in [-0.2, 0) is 16.0 Å². The highest BCUT2D eigenvalue weighted by Gasteiger charge is 2.51. The topological polar surface area (TPSA) is 34.1 Å². The average molecular weight is 300 g/mol. The van der Waals surface area contributed by atoms with Crippen LogP contribution in [0.5, 0.6) is 0 Å². The van der Waals surface area contributed by atoms with E-state index in [0.717, 1.165) is 6.42 Å². The molecule has 2 aliphatic rings. The smallest absolute Gasteiger partial charge is 0.133 e. The highest BCUT2D eigenvalue weighted by Crippen LogP contribution is 2.52. The van der Waals surface area contributed by atoms with Crippen molar-refractivity contribution >= 4 is 11.6 Å². The largest absolute Gasteiger partial charge is 0.300 e. The van der Waals surface area contributed by atoms with Crippen molar-refractivity contribution < 1.29 is 9.59 Å². The van der Waals surface area contributed by atoms with Crippen LogP contribution in [0.25, 0.3) is 0 Å². The lowest BCUT2D eigenvalue weighted by Gasteiger charge is -2.26. The summed E-state index contributed by atoms with van der Waals surface area (Å²) in [5.74, 6) is 1.64. The molecule has 3 rings (SSSR count). The van der Waals surface area contributed by atoms with Gasteiger partial charge in [-0.25, -0.2) is 0 Å². The Bertz CT molecular complexity index is 480. The first-order chi connectivity index (χ1) is 10.5. The summed E-state index contributed by atoms with van der Waals surface area (Å²) in [6.45, 7) is 5.48. The Labute approximate surface area is 134 Å². The highest BCUT2D eigenvalue weighted by molar-refractivity contribution is 5.88. The van der Waals surface area contributed by atoms with E-state index < -0.39 is 0 Å². The lowest BCUT2D eigenvalue weighted by Crippen LogP contribution is -2.32. The molecule has 0 N–H and O–H groups in total. The number of hydrogen-bond donors (Lipinski definition) is 0. The minimum Gasteiger partial charge on any atom is -0.300 e. The van der Waals surface area contributed by atoms with Gasteiger partial charge in [-0.1, -0.05) is 43.7 Å². The molecule has 2 nitrogen and oxygen atoms in total. The van der Waals surface area contributed by atoms with Gasteiger partial charge in [-0.15, -0.1) is 0 Å². The molecule has 0 saturated heterocycles. The minimum atomic E-state index is 0.0660. The third kappa shape index (κ3) is 3.85. The number of benzene rings is 1. The second-order valence-electron chi connectivity index (χ2n) is 6.84. The molecule has 0 aliphatic heterocycles. The summed E-state index contributed by atoms with van der Waals surface area (Å²) in [4.78, 5) is 22.8. The van der Waals surface area contributed by atoms with Crippen LogP contribution in [0, 0.1) is 23.7 Å². The Hall–Kier alpha value is -1.44. The Kier molecular flexibility index (Phi) is 5.93. The van der Waals surface area contributed by atoms with Crippen molar-refractivity contribution in [1.29, 1.82) is 0 Å². The predicted molar refractivity (Wildman–Crippen MR) is 89.6 cm³/mol. The van der Waals surface area contributed by atoms with E-state index in [9.17, 15) is 9.59 Å². The van der Waals surface area contributed by atoms with E-state index in [4.69, 9.17) is 0 Å². The summed E-state index contributed by atoms with van der Waals surface area (Å²) in [6.07, 6.45) is 5.90. The van der Waals surface area contributed by atoms with Crippen LogP contribution in [0.4, 0.5) is 0 Å². The van der Waals surface area contributed by atoms with E-state index in [1.807, 2.05) is 0 Å². The maximum atomic E-state index is 11.4. The van der Waals surface area contributed by atoms with Crippen molar-refractivity contribution in [3.8, 4) is 0 Å². The van der Waals surface area contributed by atoms with Gasteiger partial charge < -0.3 is 0 Å². The fourth-order valence-corrected chi connectivity index (χ4v) is 4.39. The molecule has 0 radical (unpaired) electrons. The normalized spacial score (nSPS) is 28.9. The zero-order valence-corrected chi connectivity index (χ0v) is 14.0. The lowest BCUT2D eigenvalue weighted by atomic mass is 9.75. The monoisotopic (exact) mass is 300 g/mol. The Morgan fingerprint density at radius 3 is 1.86 bits per heavy atom. The van der Waals surface area contributed by atoms with Crippen molar-refractivity contribution in [1.82, 2.24) is 0 Å². The molecule has 0 amide bonds. The van der Waals surface area contributed by atoms with Crippen LogP contribution < -0.4 is 0 Å². The predicted octanol–water partition coefficient (Wildman–Crippen LogP) is 4.47. The van der Waals surface area contributed by atoms with Gasteiger partial charge >= 0.3 is 0 Å². The van der Waals surface area contributed by atoms with Crippen LogP contribution in [0.3, 0.4) is 0 Å². The molecule has 22 heavy (non-hydrogen) atoms. The van der Waals surface area contributed by atoms with Crippen molar-refractivity contribution in [2.45, 2.75) is 52.9 Å². The van der Waals surface area contributed by atoms with Gasteiger partial charge in [-0.3, -0.25) is 9.59 Å². The van der Waals surface area contributed by atoms with E-state index in [2.05, 4.69) is 37.3 Å². The molecule has 2 heteroatoms. The first-order valence-corrected chi connectivity index (χ1v) is 8.59. The van der Waals surface area contributed by atoms with Crippen molar-refractivity contribution in [2.75, 3.05) is 0 Å². The van der Waals surface area contributed by atoms with Gasteiger partial charge in [0.2, 0.25) is 0 Å². The summed E-state index contributed by atoms with van der Waals surface area (Å²) in [6, 6.07) is 10.6. The first kappa shape index (κ1) is 16.9. The number of ketones is 2. The summed E-state index contributed by atoms with van der Waals surface area (Å²) in [5.41, 5.74) is 1.44. The van der Waals surface area contributed by atoms with E-state index in [0.29, 0.717) is 11.8 Å². The quantitative estimate of drug-likeness (QED) is 0.822. The molecule has 0 spiro atoms. The number of aryl methyl sites for hydroxylation is 1. The third-order valence-corrected chi connectivity index (χ3v) is 5.24. The van der Waals surface area contributed by atoms with Crippen molar-refractivity contribution in [3.05, 3.63) is 35.9 Å². The van der Waals surface area contributed by atoms with E-state index in [1.165, 1.54) is 31.2 Å². The zero-order valence-electron chi connectivity index (χ0n) is 14.0. The minimum absolute atomic E-state index is 0.0660. The van der Waals surface area contributed by atoms with Gasteiger partial charge in [-0.2, -0.15) is 0 Å².